The molecule has 0 unspecified atom stereocenters. The van der Waals surface area contributed by atoms with Crippen LogP contribution in [0.4, 0.5) is 13.2 Å². The summed E-state index contributed by atoms with van der Waals surface area (Å²) in [6, 6.07) is 3.36. The third kappa shape index (κ3) is 4.32. The number of halogens is 5. The van der Waals surface area contributed by atoms with Crippen molar-refractivity contribution in [2.24, 2.45) is 0 Å². The molecule has 0 N–H and O–H groups in total. The van der Waals surface area contributed by atoms with Gasteiger partial charge in [0.15, 0.2) is 0 Å². The van der Waals surface area contributed by atoms with Crippen molar-refractivity contribution < 1.29 is 18.0 Å². The van der Waals surface area contributed by atoms with Crippen LogP contribution in [0.5, 0.6) is 0 Å². The van der Waals surface area contributed by atoms with E-state index in [1.165, 1.54) is 6.07 Å². The minimum Gasteiger partial charge on any atom is -0.276 e. The zero-order valence-corrected chi connectivity index (χ0v) is 9.27. The quantitative estimate of drug-likeness (QED) is 0.590. The normalized spacial score (nSPS) is 11.5. The smallest absolute Gasteiger partial charge is 0.276 e. The highest BCUT2D eigenvalue weighted by Gasteiger charge is 2.29. The van der Waals surface area contributed by atoms with E-state index in [9.17, 15) is 18.0 Å². The van der Waals surface area contributed by atoms with E-state index in [2.05, 4.69) is 0 Å². The van der Waals surface area contributed by atoms with E-state index >= 15 is 0 Å². The first-order chi connectivity index (χ1) is 6.78. The van der Waals surface area contributed by atoms with E-state index in [0.717, 1.165) is 12.1 Å². The molecule has 0 aromatic heterocycles. The molecule has 7 heteroatoms. The van der Waals surface area contributed by atoms with Gasteiger partial charge in [-0.2, -0.15) is 13.2 Å². The SMILES string of the molecule is O=C(Cl)c1cc(Cl)cc(SC(F)(F)F)c1. The average molecular weight is 275 g/mol. The molecule has 0 saturated heterocycles. The number of thioether (sulfide) groups is 1. The molecule has 1 rings (SSSR count). The fraction of sp³-hybridized carbons (Fsp3) is 0.125. The summed E-state index contributed by atoms with van der Waals surface area (Å²) in [7, 11) is 0. The highest BCUT2D eigenvalue weighted by molar-refractivity contribution is 8.00. The molecule has 0 fully saturated rings. The lowest BCUT2D eigenvalue weighted by Crippen LogP contribution is -1.99. The molecule has 0 aliphatic rings. The average Bonchev–Trinajstić information content (AvgIpc) is 1.99. The summed E-state index contributed by atoms with van der Waals surface area (Å²) in [5.74, 6) is 0. The standard InChI is InChI=1S/C8H3Cl2F3OS/c9-5-1-4(7(10)14)2-6(3-5)15-8(11,12)13/h1-3H. The van der Waals surface area contributed by atoms with Gasteiger partial charge in [0.05, 0.1) is 0 Å². The lowest BCUT2D eigenvalue weighted by molar-refractivity contribution is -0.0328. The molecule has 0 amide bonds. The summed E-state index contributed by atoms with van der Waals surface area (Å²) in [5.41, 5.74) is -4.48. The van der Waals surface area contributed by atoms with Crippen LogP contribution >= 0.6 is 35.0 Å². The third-order valence-electron chi connectivity index (χ3n) is 1.33. The predicted octanol–water partition coefficient (Wildman–Crippen LogP) is 4.33. The molecule has 1 aromatic rings. The summed E-state index contributed by atoms with van der Waals surface area (Å²) in [5, 5.41) is -0.810. The van der Waals surface area contributed by atoms with Gasteiger partial charge >= 0.3 is 5.51 Å². The Morgan fingerprint density at radius 3 is 2.33 bits per heavy atom. The largest absolute Gasteiger partial charge is 0.446 e. The Morgan fingerprint density at radius 2 is 1.87 bits per heavy atom. The van der Waals surface area contributed by atoms with Crippen LogP contribution in [0.2, 0.25) is 5.02 Å². The van der Waals surface area contributed by atoms with E-state index < -0.39 is 10.8 Å². The second kappa shape index (κ2) is 4.63. The number of rotatable bonds is 2. The van der Waals surface area contributed by atoms with E-state index in [0.29, 0.717) is 0 Å². The van der Waals surface area contributed by atoms with Crippen LogP contribution in [-0.2, 0) is 0 Å². The Bertz CT molecular complexity index is 392. The zero-order valence-electron chi connectivity index (χ0n) is 6.94. The van der Waals surface area contributed by atoms with Crippen LogP contribution in [0.15, 0.2) is 23.1 Å². The molecule has 0 saturated carbocycles. The van der Waals surface area contributed by atoms with Crippen LogP contribution in [0.25, 0.3) is 0 Å². The van der Waals surface area contributed by atoms with Gasteiger partial charge < -0.3 is 0 Å². The van der Waals surface area contributed by atoms with E-state index in [4.69, 9.17) is 23.2 Å². The van der Waals surface area contributed by atoms with Gasteiger partial charge in [0.2, 0.25) is 0 Å². The molecule has 1 aromatic carbocycles. The van der Waals surface area contributed by atoms with Gasteiger partial charge in [0.25, 0.3) is 5.24 Å². The molecular formula is C8H3Cl2F3OS. The van der Waals surface area contributed by atoms with E-state index in [-0.39, 0.29) is 27.2 Å². The Morgan fingerprint density at radius 1 is 1.27 bits per heavy atom. The summed E-state index contributed by atoms with van der Waals surface area (Å²) in [6.45, 7) is 0. The fourth-order valence-electron chi connectivity index (χ4n) is 0.869. The van der Waals surface area contributed by atoms with Gasteiger partial charge in [-0.3, -0.25) is 4.79 Å². The molecule has 0 aliphatic heterocycles. The van der Waals surface area contributed by atoms with Crippen molar-refractivity contribution in [1.29, 1.82) is 0 Å². The van der Waals surface area contributed by atoms with Crippen LogP contribution in [0, 0.1) is 0 Å². The maximum absolute atomic E-state index is 12.0. The first-order valence-corrected chi connectivity index (χ1v) is 5.11. The first-order valence-electron chi connectivity index (χ1n) is 3.54. The lowest BCUT2D eigenvalue weighted by Gasteiger charge is -2.06. The Hall–Kier alpha value is -0.390. The van der Waals surface area contributed by atoms with Gasteiger partial charge in [0, 0.05) is 15.5 Å². The van der Waals surface area contributed by atoms with Gasteiger partial charge in [-0.15, -0.1) is 0 Å². The second-order valence-corrected chi connectivity index (χ2v) is 4.42. The number of benzene rings is 1. The molecule has 0 spiro atoms. The van der Waals surface area contributed by atoms with Gasteiger partial charge in [-0.05, 0) is 41.6 Å². The summed E-state index contributed by atoms with van der Waals surface area (Å²) in [6.07, 6.45) is 0. The number of carbonyl (C=O) groups is 1. The Balaban J connectivity index is 3.04. The molecule has 1 nitrogen and oxygen atoms in total. The minimum atomic E-state index is -4.42. The summed E-state index contributed by atoms with van der Waals surface area (Å²) in [4.78, 5) is 10.6. The number of hydrogen-bond donors (Lipinski definition) is 0. The van der Waals surface area contributed by atoms with E-state index in [1.807, 2.05) is 0 Å². The maximum Gasteiger partial charge on any atom is 0.446 e. The van der Waals surface area contributed by atoms with Crippen LogP contribution in [-0.4, -0.2) is 10.8 Å². The first kappa shape index (κ1) is 12.7. The van der Waals surface area contributed by atoms with E-state index in [1.54, 1.807) is 0 Å². The Kier molecular flexibility index (Phi) is 3.92. The van der Waals surface area contributed by atoms with Crippen molar-refractivity contribution in [3.63, 3.8) is 0 Å². The number of hydrogen-bond acceptors (Lipinski definition) is 2. The second-order valence-electron chi connectivity index (χ2n) is 2.50. The summed E-state index contributed by atoms with van der Waals surface area (Å²) >= 11 is 10.3. The zero-order chi connectivity index (χ0) is 11.6. The van der Waals surface area contributed by atoms with Crippen molar-refractivity contribution in [1.82, 2.24) is 0 Å². The van der Waals surface area contributed by atoms with Crippen molar-refractivity contribution in [3.8, 4) is 0 Å². The van der Waals surface area contributed by atoms with Crippen molar-refractivity contribution in [3.05, 3.63) is 28.8 Å². The van der Waals surface area contributed by atoms with Crippen LogP contribution in [0.3, 0.4) is 0 Å². The van der Waals surface area contributed by atoms with Crippen LogP contribution in [0.1, 0.15) is 10.4 Å². The van der Waals surface area contributed by atoms with Gasteiger partial charge in [-0.25, -0.2) is 0 Å². The lowest BCUT2D eigenvalue weighted by atomic mass is 10.2. The van der Waals surface area contributed by atoms with Gasteiger partial charge in [0.1, 0.15) is 0 Å². The molecule has 15 heavy (non-hydrogen) atoms. The third-order valence-corrected chi connectivity index (χ3v) is 2.47. The highest BCUT2D eigenvalue weighted by atomic mass is 35.5. The van der Waals surface area contributed by atoms with Crippen molar-refractivity contribution >= 4 is 40.2 Å². The van der Waals surface area contributed by atoms with Crippen molar-refractivity contribution in [2.75, 3.05) is 0 Å². The highest BCUT2D eigenvalue weighted by Crippen LogP contribution is 2.38. The summed E-state index contributed by atoms with van der Waals surface area (Å²) < 4.78 is 36.0. The molecule has 0 heterocycles. The molecule has 0 radical (unpaired) electrons. The minimum absolute atomic E-state index is 0.0354. The molecule has 0 aliphatic carbocycles. The fourth-order valence-corrected chi connectivity index (χ4v) is 1.92. The molecular weight excluding hydrogens is 272 g/mol. The monoisotopic (exact) mass is 274 g/mol. The number of alkyl halides is 3. The Labute approximate surface area is 97.5 Å². The van der Waals surface area contributed by atoms with Crippen molar-refractivity contribution in [2.45, 2.75) is 10.4 Å². The maximum atomic E-state index is 12.0. The molecule has 0 atom stereocenters. The van der Waals surface area contributed by atoms with Crippen LogP contribution < -0.4 is 0 Å². The topological polar surface area (TPSA) is 17.1 Å². The number of carbonyl (C=O) groups excluding carboxylic acids is 1. The predicted molar refractivity (Wildman–Crippen MR) is 53.5 cm³/mol. The molecule has 0 bridgehead atoms. The van der Waals surface area contributed by atoms with Gasteiger partial charge in [-0.1, -0.05) is 11.6 Å². The molecule has 82 valence electrons.